The van der Waals surface area contributed by atoms with Crippen LogP contribution in [-0.4, -0.2) is 23.2 Å². The molecule has 1 aliphatic rings. The van der Waals surface area contributed by atoms with Gasteiger partial charge in [-0.1, -0.05) is 0 Å². The number of nitrogens with one attached hydrogen (secondary N) is 1. The summed E-state index contributed by atoms with van der Waals surface area (Å²) in [4.78, 5) is 9.62. The third-order valence-electron chi connectivity index (χ3n) is 4.28. The molecule has 5 nitrogen and oxygen atoms in total. The highest BCUT2D eigenvalue weighted by molar-refractivity contribution is 7.16. The number of hydrogen-bond acceptors (Lipinski definition) is 6. The van der Waals surface area contributed by atoms with E-state index in [0.29, 0.717) is 0 Å². The van der Waals surface area contributed by atoms with Gasteiger partial charge >= 0.3 is 0 Å². The number of ether oxygens (including phenoxy) is 2. The summed E-state index contributed by atoms with van der Waals surface area (Å²) in [5, 5.41) is 6.42. The van der Waals surface area contributed by atoms with Gasteiger partial charge in [-0.25, -0.2) is 9.97 Å². The molecular formula is C18H19N3O2S. The van der Waals surface area contributed by atoms with Crippen LogP contribution < -0.4 is 14.8 Å². The van der Waals surface area contributed by atoms with E-state index in [0.717, 1.165) is 46.1 Å². The summed E-state index contributed by atoms with van der Waals surface area (Å²) in [7, 11) is 1.67. The van der Waals surface area contributed by atoms with E-state index in [1.807, 2.05) is 29.6 Å². The lowest BCUT2D eigenvalue weighted by atomic mass is 10.2. The molecule has 0 radical (unpaired) electrons. The molecule has 2 heterocycles. The van der Waals surface area contributed by atoms with Crippen molar-refractivity contribution < 1.29 is 9.47 Å². The lowest BCUT2D eigenvalue weighted by Gasteiger charge is -2.17. The minimum absolute atomic E-state index is 0.289. The van der Waals surface area contributed by atoms with Gasteiger partial charge in [0.1, 0.15) is 17.0 Å². The van der Waals surface area contributed by atoms with Gasteiger partial charge in [-0.3, -0.25) is 0 Å². The first-order valence-corrected chi connectivity index (χ1v) is 9.01. The Hall–Kier alpha value is -2.34. The van der Waals surface area contributed by atoms with Crippen LogP contribution in [0.3, 0.4) is 0 Å². The summed E-state index contributed by atoms with van der Waals surface area (Å²) >= 11 is 1.61. The lowest BCUT2D eigenvalue weighted by molar-refractivity contribution is 0.201. The number of anilines is 2. The van der Waals surface area contributed by atoms with Crippen molar-refractivity contribution in [2.75, 3.05) is 12.4 Å². The van der Waals surface area contributed by atoms with Gasteiger partial charge in [0, 0.05) is 11.8 Å². The molecule has 0 spiro atoms. The summed E-state index contributed by atoms with van der Waals surface area (Å²) in [6, 6.07) is 7.92. The molecule has 124 valence electrons. The van der Waals surface area contributed by atoms with Crippen molar-refractivity contribution in [1.29, 1.82) is 0 Å². The predicted molar refractivity (Wildman–Crippen MR) is 96.6 cm³/mol. The minimum atomic E-state index is 0.289. The van der Waals surface area contributed by atoms with E-state index < -0.39 is 0 Å². The zero-order valence-corrected chi connectivity index (χ0v) is 14.3. The third kappa shape index (κ3) is 3.01. The first kappa shape index (κ1) is 15.2. The largest absolute Gasteiger partial charge is 0.493 e. The molecule has 1 N–H and O–H groups in total. The predicted octanol–water partition coefficient (Wildman–Crippen LogP) is 4.76. The van der Waals surface area contributed by atoms with Crippen molar-refractivity contribution in [2.45, 2.75) is 31.8 Å². The molecule has 24 heavy (non-hydrogen) atoms. The summed E-state index contributed by atoms with van der Waals surface area (Å²) in [6.07, 6.45) is 6.58. The Morgan fingerprint density at radius 3 is 2.83 bits per heavy atom. The highest BCUT2D eigenvalue weighted by Gasteiger charge is 2.19. The molecule has 3 aromatic rings. The molecule has 1 aromatic carbocycles. The Balaban J connectivity index is 1.62. The maximum Gasteiger partial charge on any atom is 0.163 e. The number of aromatic nitrogens is 2. The zero-order chi connectivity index (χ0) is 16.4. The van der Waals surface area contributed by atoms with Crippen molar-refractivity contribution in [3.05, 3.63) is 36.0 Å². The maximum absolute atomic E-state index is 6.15. The molecule has 0 bridgehead atoms. The molecule has 1 fully saturated rings. The SMILES string of the molecule is COc1ccc(Nc2ncnc3sccc23)cc1OC1CCCC1. The average molecular weight is 341 g/mol. The van der Waals surface area contributed by atoms with Gasteiger partial charge in [-0.2, -0.15) is 0 Å². The fraction of sp³-hybridized carbons (Fsp3) is 0.333. The second-order valence-corrected chi connectivity index (χ2v) is 6.77. The molecule has 1 saturated carbocycles. The highest BCUT2D eigenvalue weighted by Crippen LogP contribution is 2.35. The quantitative estimate of drug-likeness (QED) is 0.725. The van der Waals surface area contributed by atoms with Crippen LogP contribution in [0.2, 0.25) is 0 Å². The van der Waals surface area contributed by atoms with Gasteiger partial charge in [0.25, 0.3) is 0 Å². The van der Waals surface area contributed by atoms with E-state index in [9.17, 15) is 0 Å². The Bertz CT molecular complexity index is 843. The standard InChI is InChI=1S/C18H19N3O2S/c1-22-15-7-6-12(10-16(15)23-13-4-2-3-5-13)21-17-14-8-9-24-18(14)20-11-19-17/h6-11,13H,2-5H2,1H3,(H,19,20,21). The van der Waals surface area contributed by atoms with Crippen LogP contribution in [0.25, 0.3) is 10.2 Å². The number of benzene rings is 1. The molecule has 4 rings (SSSR count). The molecular weight excluding hydrogens is 322 g/mol. The minimum Gasteiger partial charge on any atom is -0.493 e. The smallest absolute Gasteiger partial charge is 0.163 e. The Kier molecular flexibility index (Phi) is 4.21. The number of thiophene rings is 1. The third-order valence-corrected chi connectivity index (χ3v) is 5.10. The van der Waals surface area contributed by atoms with Crippen LogP contribution in [0.1, 0.15) is 25.7 Å². The maximum atomic E-state index is 6.15. The fourth-order valence-corrected chi connectivity index (χ4v) is 3.79. The van der Waals surface area contributed by atoms with Gasteiger partial charge in [0.05, 0.1) is 18.6 Å². The van der Waals surface area contributed by atoms with E-state index in [2.05, 4.69) is 15.3 Å². The van der Waals surface area contributed by atoms with Crippen molar-refractivity contribution in [1.82, 2.24) is 9.97 Å². The summed E-state index contributed by atoms with van der Waals surface area (Å²) < 4.78 is 11.6. The second kappa shape index (κ2) is 6.65. The first-order valence-electron chi connectivity index (χ1n) is 8.13. The van der Waals surface area contributed by atoms with Crippen LogP contribution in [0, 0.1) is 0 Å². The van der Waals surface area contributed by atoms with E-state index in [1.165, 1.54) is 12.8 Å². The van der Waals surface area contributed by atoms with Crippen LogP contribution >= 0.6 is 11.3 Å². The molecule has 0 saturated heterocycles. The zero-order valence-electron chi connectivity index (χ0n) is 13.5. The van der Waals surface area contributed by atoms with E-state index in [4.69, 9.17) is 9.47 Å². The number of nitrogens with zero attached hydrogens (tertiary/aromatic N) is 2. The summed E-state index contributed by atoms with van der Waals surface area (Å²) in [6.45, 7) is 0. The number of hydrogen-bond donors (Lipinski definition) is 1. The van der Waals surface area contributed by atoms with Crippen molar-refractivity contribution in [3.8, 4) is 11.5 Å². The van der Waals surface area contributed by atoms with Gasteiger partial charge in [-0.15, -0.1) is 11.3 Å². The van der Waals surface area contributed by atoms with Gasteiger partial charge in [-0.05, 0) is 49.3 Å². The van der Waals surface area contributed by atoms with Gasteiger partial charge in [0.15, 0.2) is 11.5 Å². The Labute approximate surface area is 144 Å². The molecule has 6 heteroatoms. The lowest BCUT2D eigenvalue weighted by Crippen LogP contribution is -2.11. The number of rotatable bonds is 5. The Morgan fingerprint density at radius 1 is 1.12 bits per heavy atom. The van der Waals surface area contributed by atoms with Gasteiger partial charge < -0.3 is 14.8 Å². The average Bonchev–Trinajstić information content (AvgIpc) is 3.27. The van der Waals surface area contributed by atoms with Crippen LogP contribution in [0.5, 0.6) is 11.5 Å². The van der Waals surface area contributed by atoms with Crippen molar-refractivity contribution in [3.63, 3.8) is 0 Å². The van der Waals surface area contributed by atoms with Crippen molar-refractivity contribution in [2.24, 2.45) is 0 Å². The molecule has 0 unspecified atom stereocenters. The highest BCUT2D eigenvalue weighted by atomic mass is 32.1. The topological polar surface area (TPSA) is 56.3 Å². The molecule has 2 aromatic heterocycles. The fourth-order valence-electron chi connectivity index (χ4n) is 3.06. The van der Waals surface area contributed by atoms with Gasteiger partial charge in [0.2, 0.25) is 0 Å². The van der Waals surface area contributed by atoms with E-state index >= 15 is 0 Å². The van der Waals surface area contributed by atoms with E-state index in [-0.39, 0.29) is 6.10 Å². The molecule has 1 aliphatic carbocycles. The second-order valence-electron chi connectivity index (χ2n) is 5.88. The summed E-state index contributed by atoms with van der Waals surface area (Å²) in [5.74, 6) is 2.35. The van der Waals surface area contributed by atoms with E-state index in [1.54, 1.807) is 24.8 Å². The summed E-state index contributed by atoms with van der Waals surface area (Å²) in [5.41, 5.74) is 0.926. The Morgan fingerprint density at radius 2 is 2.00 bits per heavy atom. The van der Waals surface area contributed by atoms with Crippen LogP contribution in [0.4, 0.5) is 11.5 Å². The number of fused-ring (bicyclic) bond motifs is 1. The normalized spacial score (nSPS) is 14.9. The number of methoxy groups -OCH3 is 1. The molecule has 0 atom stereocenters. The van der Waals surface area contributed by atoms with Crippen LogP contribution in [-0.2, 0) is 0 Å². The monoisotopic (exact) mass is 341 g/mol. The van der Waals surface area contributed by atoms with Crippen molar-refractivity contribution >= 4 is 33.1 Å². The van der Waals surface area contributed by atoms with Crippen LogP contribution in [0.15, 0.2) is 36.0 Å². The molecule has 0 amide bonds. The first-order chi connectivity index (χ1) is 11.8. The molecule has 0 aliphatic heterocycles.